The van der Waals surface area contributed by atoms with E-state index in [9.17, 15) is 4.79 Å². The number of ether oxygens (including phenoxy) is 1. The molecule has 0 unspecified atom stereocenters. The summed E-state index contributed by atoms with van der Waals surface area (Å²) in [6.07, 6.45) is 0.860. The first-order valence-corrected chi connectivity index (χ1v) is 12.4. The number of amides is 1. The quantitative estimate of drug-likeness (QED) is 0.339. The van der Waals surface area contributed by atoms with Crippen LogP contribution in [0.2, 0.25) is 0 Å². The fraction of sp³-hybridized carbons (Fsp3) is 0.286. The molecule has 1 aromatic heterocycles. The molecule has 0 aliphatic carbocycles. The number of carbonyl (C=O) groups is 1. The summed E-state index contributed by atoms with van der Waals surface area (Å²) in [6.45, 7) is 5.70. The predicted octanol–water partition coefficient (Wildman–Crippen LogP) is 6.14. The van der Waals surface area contributed by atoms with Crippen LogP contribution in [0.15, 0.2) is 60.7 Å². The Morgan fingerprint density at radius 2 is 1.62 bits per heavy atom. The van der Waals surface area contributed by atoms with Gasteiger partial charge >= 0.3 is 0 Å². The number of para-hydroxylation sites is 2. The molecule has 174 valence electrons. The van der Waals surface area contributed by atoms with E-state index < -0.39 is 5.92 Å². The van der Waals surface area contributed by atoms with Crippen molar-refractivity contribution in [1.29, 1.82) is 0 Å². The van der Waals surface area contributed by atoms with Crippen molar-refractivity contribution in [2.45, 2.75) is 26.2 Å². The summed E-state index contributed by atoms with van der Waals surface area (Å²) in [7, 11) is 4.11. The Balaban J connectivity index is 1.60. The van der Waals surface area contributed by atoms with Crippen molar-refractivity contribution < 1.29 is 9.53 Å². The van der Waals surface area contributed by atoms with Crippen LogP contribution >= 0.6 is 11.3 Å². The number of anilines is 1. The van der Waals surface area contributed by atoms with Crippen molar-refractivity contribution in [3.63, 3.8) is 0 Å². The standard InChI is InChI=1S/C28H29N3O2S/c1-18-16-19(2)26-22(17-18)29-28(34-26)31(15-9-14-30(3)4)27(32)25-20-10-5-7-12-23(20)33-24-13-8-6-11-21(24)25/h5-8,10-13,16-17,25H,9,14-15H2,1-4H3. The molecule has 5 rings (SSSR count). The van der Waals surface area contributed by atoms with Crippen LogP contribution in [0.25, 0.3) is 10.2 Å². The average Bonchev–Trinajstić information content (AvgIpc) is 3.23. The van der Waals surface area contributed by atoms with Gasteiger partial charge in [0.25, 0.3) is 0 Å². The second-order valence-electron chi connectivity index (χ2n) is 9.18. The molecule has 3 aromatic carbocycles. The zero-order valence-electron chi connectivity index (χ0n) is 20.0. The van der Waals surface area contributed by atoms with Gasteiger partial charge in [0.05, 0.1) is 16.1 Å². The minimum atomic E-state index is -0.435. The number of hydrogen-bond donors (Lipinski definition) is 0. The summed E-state index contributed by atoms with van der Waals surface area (Å²) in [5, 5.41) is 0.758. The maximum atomic E-state index is 14.4. The van der Waals surface area contributed by atoms with Crippen LogP contribution in [-0.2, 0) is 4.79 Å². The van der Waals surface area contributed by atoms with Gasteiger partial charge in [0.15, 0.2) is 5.13 Å². The molecule has 0 fully saturated rings. The smallest absolute Gasteiger partial charge is 0.241 e. The molecule has 4 aromatic rings. The van der Waals surface area contributed by atoms with Gasteiger partial charge in [-0.05, 0) is 70.2 Å². The molecule has 0 spiro atoms. The van der Waals surface area contributed by atoms with Gasteiger partial charge in [-0.15, -0.1) is 0 Å². The number of rotatable bonds is 6. The SMILES string of the molecule is Cc1cc(C)c2sc(N(CCCN(C)C)C(=O)C3c4ccccc4Oc4ccccc43)nc2c1. The fourth-order valence-corrected chi connectivity index (χ4v) is 5.70. The Morgan fingerprint density at radius 3 is 2.26 bits per heavy atom. The normalized spacial score (nSPS) is 13.0. The number of nitrogens with zero attached hydrogens (tertiary/aromatic N) is 3. The van der Waals surface area contributed by atoms with Gasteiger partial charge in [-0.3, -0.25) is 9.69 Å². The lowest BCUT2D eigenvalue weighted by atomic mass is 9.87. The second kappa shape index (κ2) is 9.20. The summed E-state index contributed by atoms with van der Waals surface area (Å²) in [6, 6.07) is 20.0. The maximum Gasteiger partial charge on any atom is 0.241 e. The Bertz CT molecular complexity index is 1320. The highest BCUT2D eigenvalue weighted by molar-refractivity contribution is 7.22. The van der Waals surface area contributed by atoms with E-state index in [0.717, 1.165) is 50.9 Å². The van der Waals surface area contributed by atoms with Crippen LogP contribution in [0.1, 0.15) is 34.6 Å². The molecule has 1 aliphatic rings. The van der Waals surface area contributed by atoms with Gasteiger partial charge in [0.2, 0.25) is 5.91 Å². The van der Waals surface area contributed by atoms with Crippen LogP contribution in [-0.4, -0.2) is 43.0 Å². The second-order valence-corrected chi connectivity index (χ2v) is 10.2. The van der Waals surface area contributed by atoms with Gasteiger partial charge < -0.3 is 9.64 Å². The van der Waals surface area contributed by atoms with Crippen LogP contribution < -0.4 is 9.64 Å². The number of aromatic nitrogens is 1. The van der Waals surface area contributed by atoms with E-state index in [1.807, 2.05) is 53.4 Å². The molecular weight excluding hydrogens is 442 g/mol. The lowest BCUT2D eigenvalue weighted by molar-refractivity contribution is -0.119. The van der Waals surface area contributed by atoms with Crippen LogP contribution in [0.3, 0.4) is 0 Å². The minimum absolute atomic E-state index is 0.0374. The van der Waals surface area contributed by atoms with Crippen molar-refractivity contribution in [3.05, 3.63) is 82.9 Å². The van der Waals surface area contributed by atoms with Crippen LogP contribution in [0.5, 0.6) is 11.5 Å². The summed E-state index contributed by atoms with van der Waals surface area (Å²) < 4.78 is 7.28. The molecule has 0 radical (unpaired) electrons. The van der Waals surface area contributed by atoms with Crippen LogP contribution in [0.4, 0.5) is 5.13 Å². The van der Waals surface area contributed by atoms with Gasteiger partial charge in [0.1, 0.15) is 11.5 Å². The van der Waals surface area contributed by atoms with Crippen molar-refractivity contribution in [1.82, 2.24) is 9.88 Å². The molecule has 0 saturated heterocycles. The van der Waals surface area contributed by atoms with Crippen molar-refractivity contribution in [2.24, 2.45) is 0 Å². The molecule has 2 heterocycles. The average molecular weight is 472 g/mol. The number of carbonyl (C=O) groups excluding carboxylic acids is 1. The lowest BCUT2D eigenvalue weighted by Crippen LogP contribution is -2.38. The molecule has 1 amide bonds. The third-order valence-electron chi connectivity index (χ3n) is 6.22. The van der Waals surface area contributed by atoms with Crippen LogP contribution in [0, 0.1) is 13.8 Å². The highest BCUT2D eigenvalue weighted by atomic mass is 32.1. The van der Waals surface area contributed by atoms with E-state index in [-0.39, 0.29) is 5.91 Å². The monoisotopic (exact) mass is 471 g/mol. The van der Waals surface area contributed by atoms with Gasteiger partial charge in [-0.1, -0.05) is 53.8 Å². The Labute approximate surface area is 204 Å². The number of thiazole rings is 1. The number of aryl methyl sites for hydroxylation is 2. The van der Waals surface area contributed by atoms with E-state index in [1.165, 1.54) is 11.1 Å². The summed E-state index contributed by atoms with van der Waals surface area (Å²) >= 11 is 1.60. The molecule has 6 heteroatoms. The zero-order valence-corrected chi connectivity index (χ0v) is 20.9. The van der Waals surface area contributed by atoms with Gasteiger partial charge in [-0.2, -0.15) is 0 Å². The molecule has 0 saturated carbocycles. The van der Waals surface area contributed by atoms with Gasteiger partial charge in [-0.25, -0.2) is 4.98 Å². The molecule has 34 heavy (non-hydrogen) atoms. The zero-order chi connectivity index (χ0) is 23.8. The lowest BCUT2D eigenvalue weighted by Gasteiger charge is -2.31. The first-order valence-electron chi connectivity index (χ1n) is 11.6. The molecule has 0 bridgehead atoms. The highest BCUT2D eigenvalue weighted by Crippen LogP contribution is 2.45. The molecular formula is C28H29N3O2S. The Hall–Kier alpha value is -3.22. The first kappa shape index (κ1) is 22.6. The van der Waals surface area contributed by atoms with E-state index in [4.69, 9.17) is 9.72 Å². The number of hydrogen-bond acceptors (Lipinski definition) is 5. The van der Waals surface area contributed by atoms with E-state index >= 15 is 0 Å². The highest BCUT2D eigenvalue weighted by Gasteiger charge is 2.36. The molecule has 1 aliphatic heterocycles. The third kappa shape index (κ3) is 4.19. The van der Waals surface area contributed by atoms with Gasteiger partial charge in [0, 0.05) is 17.7 Å². The van der Waals surface area contributed by atoms with E-state index in [0.29, 0.717) is 6.54 Å². The largest absolute Gasteiger partial charge is 0.457 e. The Kier molecular flexibility index (Phi) is 6.11. The Morgan fingerprint density at radius 1 is 0.971 bits per heavy atom. The molecule has 5 nitrogen and oxygen atoms in total. The number of fused-ring (bicyclic) bond motifs is 3. The van der Waals surface area contributed by atoms with Crippen molar-refractivity contribution in [2.75, 3.05) is 32.1 Å². The first-order chi connectivity index (χ1) is 16.4. The summed E-state index contributed by atoms with van der Waals surface area (Å²) in [5.41, 5.74) is 5.13. The summed E-state index contributed by atoms with van der Waals surface area (Å²) in [5.74, 6) is 1.08. The summed E-state index contributed by atoms with van der Waals surface area (Å²) in [4.78, 5) is 23.3. The number of benzene rings is 3. The predicted molar refractivity (Wildman–Crippen MR) is 139 cm³/mol. The minimum Gasteiger partial charge on any atom is -0.457 e. The maximum absolute atomic E-state index is 14.4. The van der Waals surface area contributed by atoms with Crippen molar-refractivity contribution in [3.8, 4) is 11.5 Å². The van der Waals surface area contributed by atoms with E-state index in [2.05, 4.69) is 45.0 Å². The topological polar surface area (TPSA) is 45.7 Å². The van der Waals surface area contributed by atoms with Crippen molar-refractivity contribution >= 4 is 32.6 Å². The fourth-order valence-electron chi connectivity index (χ4n) is 4.66. The molecule has 0 N–H and O–H groups in total. The third-order valence-corrected chi connectivity index (χ3v) is 7.45. The van der Waals surface area contributed by atoms with E-state index in [1.54, 1.807) is 11.3 Å². The molecule has 0 atom stereocenters.